The smallest absolute Gasteiger partial charge is 0.0442 e. The van der Waals surface area contributed by atoms with Crippen molar-refractivity contribution in [1.82, 2.24) is 4.98 Å². The molecule has 2 N–H and O–H groups in total. The summed E-state index contributed by atoms with van der Waals surface area (Å²) in [7, 11) is 0. The topological polar surface area (TPSA) is 42.2 Å². The molecule has 0 saturated carbocycles. The van der Waals surface area contributed by atoms with Crippen molar-refractivity contribution in [3.05, 3.63) is 24.0 Å². The Morgan fingerprint density at radius 2 is 1.94 bits per heavy atom. The van der Waals surface area contributed by atoms with E-state index in [1.54, 1.807) is 0 Å². The predicted octanol–water partition coefficient (Wildman–Crippen LogP) is 2.95. The summed E-state index contributed by atoms with van der Waals surface area (Å²) in [5, 5.41) is 0. The maximum absolute atomic E-state index is 5.80. The number of aromatic nitrogens is 1. The number of hydrogen-bond donors (Lipinski definition) is 1. The Hall–Kier alpha value is -1.09. The SMILES string of the molecule is CCC1(CC)CCN(c2ccncc2CN)CC1. The van der Waals surface area contributed by atoms with Crippen LogP contribution in [0.3, 0.4) is 0 Å². The van der Waals surface area contributed by atoms with Crippen molar-refractivity contribution in [1.29, 1.82) is 0 Å². The van der Waals surface area contributed by atoms with Crippen molar-refractivity contribution in [2.24, 2.45) is 11.1 Å². The summed E-state index contributed by atoms with van der Waals surface area (Å²) in [5.41, 5.74) is 8.82. The van der Waals surface area contributed by atoms with Crippen molar-refractivity contribution >= 4 is 5.69 Å². The van der Waals surface area contributed by atoms with E-state index in [1.165, 1.54) is 31.4 Å². The first-order chi connectivity index (χ1) is 8.74. The van der Waals surface area contributed by atoms with Gasteiger partial charge in [-0.3, -0.25) is 4.98 Å². The second-order valence-electron chi connectivity index (χ2n) is 5.40. The van der Waals surface area contributed by atoms with Crippen molar-refractivity contribution < 1.29 is 0 Å². The van der Waals surface area contributed by atoms with Crippen LogP contribution in [0.2, 0.25) is 0 Å². The van der Waals surface area contributed by atoms with Crippen LogP contribution in [0, 0.1) is 5.41 Å². The van der Waals surface area contributed by atoms with E-state index < -0.39 is 0 Å². The Morgan fingerprint density at radius 3 is 2.50 bits per heavy atom. The van der Waals surface area contributed by atoms with E-state index in [9.17, 15) is 0 Å². The molecule has 1 fully saturated rings. The largest absolute Gasteiger partial charge is 0.371 e. The third kappa shape index (κ3) is 2.51. The van der Waals surface area contributed by atoms with Crippen LogP contribution in [0.4, 0.5) is 5.69 Å². The minimum atomic E-state index is 0.576. The maximum Gasteiger partial charge on any atom is 0.0442 e. The fourth-order valence-corrected chi connectivity index (χ4v) is 3.06. The fraction of sp³-hybridized carbons (Fsp3) is 0.667. The highest BCUT2D eigenvalue weighted by Crippen LogP contribution is 2.39. The zero-order valence-electron chi connectivity index (χ0n) is 11.7. The molecule has 1 saturated heterocycles. The highest BCUT2D eigenvalue weighted by Gasteiger charge is 2.31. The minimum absolute atomic E-state index is 0.576. The monoisotopic (exact) mass is 247 g/mol. The van der Waals surface area contributed by atoms with Crippen molar-refractivity contribution in [2.75, 3.05) is 18.0 Å². The molecule has 3 nitrogen and oxygen atoms in total. The molecular weight excluding hydrogens is 222 g/mol. The first-order valence-electron chi connectivity index (χ1n) is 7.12. The van der Waals surface area contributed by atoms with Crippen molar-refractivity contribution in [3.8, 4) is 0 Å². The molecule has 0 radical (unpaired) electrons. The number of hydrogen-bond acceptors (Lipinski definition) is 3. The van der Waals surface area contributed by atoms with E-state index in [2.05, 4.69) is 29.8 Å². The van der Waals surface area contributed by atoms with E-state index >= 15 is 0 Å². The first kappa shape index (κ1) is 13.3. The quantitative estimate of drug-likeness (QED) is 0.889. The van der Waals surface area contributed by atoms with Gasteiger partial charge in [-0.2, -0.15) is 0 Å². The molecule has 1 aromatic heterocycles. The average molecular weight is 247 g/mol. The lowest BCUT2D eigenvalue weighted by Crippen LogP contribution is -2.40. The zero-order chi connectivity index (χ0) is 13.0. The van der Waals surface area contributed by atoms with E-state index in [0.29, 0.717) is 12.0 Å². The molecule has 100 valence electrons. The zero-order valence-corrected chi connectivity index (χ0v) is 11.7. The summed E-state index contributed by atoms with van der Waals surface area (Å²) >= 11 is 0. The second-order valence-corrected chi connectivity index (χ2v) is 5.40. The summed E-state index contributed by atoms with van der Waals surface area (Å²) in [5.74, 6) is 0. The Bertz CT molecular complexity index is 375. The summed E-state index contributed by atoms with van der Waals surface area (Å²) < 4.78 is 0. The summed E-state index contributed by atoms with van der Waals surface area (Å²) in [4.78, 5) is 6.64. The third-order valence-corrected chi connectivity index (χ3v) is 4.76. The molecule has 0 aromatic carbocycles. The number of nitrogens with two attached hydrogens (primary N) is 1. The molecule has 2 heterocycles. The molecule has 2 rings (SSSR count). The molecule has 0 amide bonds. The Kier molecular flexibility index (Phi) is 4.23. The number of rotatable bonds is 4. The lowest BCUT2D eigenvalue weighted by molar-refractivity contribution is 0.199. The van der Waals surface area contributed by atoms with Gasteiger partial charge in [0.05, 0.1) is 0 Å². The van der Waals surface area contributed by atoms with E-state index in [0.717, 1.165) is 18.7 Å². The number of pyridine rings is 1. The molecular formula is C15H25N3. The molecule has 3 heteroatoms. The Morgan fingerprint density at radius 1 is 1.28 bits per heavy atom. The van der Waals surface area contributed by atoms with Gasteiger partial charge in [0.1, 0.15) is 0 Å². The van der Waals surface area contributed by atoms with Gasteiger partial charge in [0.25, 0.3) is 0 Å². The van der Waals surface area contributed by atoms with Gasteiger partial charge < -0.3 is 10.6 Å². The molecule has 0 unspecified atom stereocenters. The summed E-state index contributed by atoms with van der Waals surface area (Å²) in [6, 6.07) is 2.10. The van der Waals surface area contributed by atoms with Gasteiger partial charge in [-0.25, -0.2) is 0 Å². The lowest BCUT2D eigenvalue weighted by atomic mass is 9.74. The third-order valence-electron chi connectivity index (χ3n) is 4.76. The summed E-state index contributed by atoms with van der Waals surface area (Å²) in [6.07, 6.45) is 8.97. The van der Waals surface area contributed by atoms with Crippen LogP contribution in [0.25, 0.3) is 0 Å². The normalized spacial score (nSPS) is 18.9. The van der Waals surface area contributed by atoms with Crippen LogP contribution in [-0.2, 0) is 6.54 Å². The Balaban J connectivity index is 2.10. The highest BCUT2D eigenvalue weighted by molar-refractivity contribution is 5.52. The molecule has 0 aliphatic carbocycles. The minimum Gasteiger partial charge on any atom is -0.371 e. The lowest BCUT2D eigenvalue weighted by Gasteiger charge is -2.42. The van der Waals surface area contributed by atoms with Gasteiger partial charge in [0.2, 0.25) is 0 Å². The van der Waals surface area contributed by atoms with Gasteiger partial charge in [0, 0.05) is 43.3 Å². The van der Waals surface area contributed by atoms with Crippen LogP contribution >= 0.6 is 0 Å². The molecule has 0 atom stereocenters. The van der Waals surface area contributed by atoms with Gasteiger partial charge in [-0.05, 0) is 24.3 Å². The van der Waals surface area contributed by atoms with E-state index in [4.69, 9.17) is 5.73 Å². The van der Waals surface area contributed by atoms with Gasteiger partial charge in [-0.15, -0.1) is 0 Å². The summed E-state index contributed by atoms with van der Waals surface area (Å²) in [6.45, 7) is 7.54. The molecule has 0 spiro atoms. The van der Waals surface area contributed by atoms with Crippen molar-refractivity contribution in [2.45, 2.75) is 46.1 Å². The van der Waals surface area contributed by atoms with Crippen LogP contribution in [-0.4, -0.2) is 18.1 Å². The van der Waals surface area contributed by atoms with E-state index in [-0.39, 0.29) is 0 Å². The van der Waals surface area contributed by atoms with Crippen LogP contribution in [0.1, 0.15) is 45.1 Å². The molecule has 1 aliphatic rings. The van der Waals surface area contributed by atoms with E-state index in [1.807, 2.05) is 12.4 Å². The molecule has 1 aliphatic heterocycles. The fourth-order valence-electron chi connectivity index (χ4n) is 3.06. The van der Waals surface area contributed by atoms with Gasteiger partial charge >= 0.3 is 0 Å². The standard InChI is InChI=1S/C15H25N3/c1-3-15(4-2)6-9-18(10-7-15)14-5-8-17-12-13(14)11-16/h5,8,12H,3-4,6-7,9-11,16H2,1-2H3. The average Bonchev–Trinajstić information content (AvgIpc) is 2.47. The maximum atomic E-state index is 5.80. The molecule has 0 bridgehead atoms. The number of piperidine rings is 1. The highest BCUT2D eigenvalue weighted by atomic mass is 15.1. The van der Waals surface area contributed by atoms with Crippen LogP contribution in [0.15, 0.2) is 18.5 Å². The molecule has 18 heavy (non-hydrogen) atoms. The van der Waals surface area contributed by atoms with Crippen LogP contribution in [0.5, 0.6) is 0 Å². The first-order valence-corrected chi connectivity index (χ1v) is 7.12. The van der Waals surface area contributed by atoms with Crippen LogP contribution < -0.4 is 10.6 Å². The van der Waals surface area contributed by atoms with Gasteiger partial charge in [-0.1, -0.05) is 26.7 Å². The second kappa shape index (κ2) is 5.70. The molecule has 1 aromatic rings. The Labute approximate surface area is 110 Å². The number of nitrogens with zero attached hydrogens (tertiary/aromatic N) is 2. The van der Waals surface area contributed by atoms with Gasteiger partial charge in [0.15, 0.2) is 0 Å². The predicted molar refractivity (Wildman–Crippen MR) is 76.6 cm³/mol. The number of anilines is 1. The van der Waals surface area contributed by atoms with Crippen molar-refractivity contribution in [3.63, 3.8) is 0 Å².